The Balaban J connectivity index is 1.29. The maximum absolute atomic E-state index is 12.3. The fourth-order valence-electron chi connectivity index (χ4n) is 4.61. The molecule has 1 aromatic heterocycles. The van der Waals surface area contributed by atoms with Crippen LogP contribution in [0.3, 0.4) is 0 Å². The Kier molecular flexibility index (Phi) is 5.82. The molecule has 1 amide bonds. The van der Waals surface area contributed by atoms with Gasteiger partial charge in [-0.15, -0.1) is 0 Å². The molecule has 2 fully saturated rings. The third-order valence-corrected chi connectivity index (χ3v) is 6.34. The molecule has 0 unspecified atom stereocenters. The smallest absolute Gasteiger partial charge is 0.220 e. The summed E-state index contributed by atoms with van der Waals surface area (Å²) in [4.78, 5) is 16.7. The van der Waals surface area contributed by atoms with Gasteiger partial charge in [0.1, 0.15) is 0 Å². The number of hydrogen-bond acceptors (Lipinski definition) is 3. The minimum atomic E-state index is 0.260. The Hall–Kier alpha value is -1.81. The van der Waals surface area contributed by atoms with E-state index in [1.165, 1.54) is 25.7 Å². The van der Waals surface area contributed by atoms with Gasteiger partial charge >= 0.3 is 0 Å². The van der Waals surface area contributed by atoms with Gasteiger partial charge in [-0.3, -0.25) is 9.78 Å². The Bertz CT molecular complexity index is 795. The van der Waals surface area contributed by atoms with E-state index in [9.17, 15) is 4.79 Å². The van der Waals surface area contributed by atoms with Crippen molar-refractivity contribution in [1.82, 2.24) is 10.3 Å². The van der Waals surface area contributed by atoms with Crippen LogP contribution in [0.15, 0.2) is 30.5 Å². The standard InChI is InChI=1S/C22H28ClN3O/c23-16-5-10-19-20(11-12-24-21(19)14-16)25-17-6-8-18(9-7-17)26-22(27)13-15-3-1-2-4-15/h5,10-12,14-15,17-18H,1-4,6-9,13H2,(H,24,25)(H,26,27). The summed E-state index contributed by atoms with van der Waals surface area (Å²) in [5.74, 6) is 0.881. The number of nitrogens with one attached hydrogen (secondary N) is 2. The third-order valence-electron chi connectivity index (χ3n) is 6.11. The molecule has 1 aromatic carbocycles. The molecule has 4 rings (SSSR count). The summed E-state index contributed by atoms with van der Waals surface area (Å²) in [7, 11) is 0. The van der Waals surface area contributed by atoms with Crippen LogP contribution in [0, 0.1) is 5.92 Å². The van der Waals surface area contributed by atoms with Gasteiger partial charge in [-0.25, -0.2) is 0 Å². The van der Waals surface area contributed by atoms with Crippen molar-refractivity contribution in [1.29, 1.82) is 0 Å². The molecule has 27 heavy (non-hydrogen) atoms. The number of nitrogens with zero attached hydrogens (tertiary/aromatic N) is 1. The van der Waals surface area contributed by atoms with Crippen molar-refractivity contribution in [3.63, 3.8) is 0 Å². The van der Waals surface area contributed by atoms with Crippen LogP contribution in [0.1, 0.15) is 57.8 Å². The number of halogens is 1. The zero-order valence-electron chi connectivity index (χ0n) is 15.7. The highest BCUT2D eigenvalue weighted by molar-refractivity contribution is 6.31. The number of aromatic nitrogens is 1. The second-order valence-corrected chi connectivity index (χ2v) is 8.57. The lowest BCUT2D eigenvalue weighted by Crippen LogP contribution is -2.40. The fraction of sp³-hybridized carbons (Fsp3) is 0.545. The zero-order chi connectivity index (χ0) is 18.6. The van der Waals surface area contributed by atoms with E-state index in [0.29, 0.717) is 23.0 Å². The van der Waals surface area contributed by atoms with Gasteiger partial charge < -0.3 is 10.6 Å². The van der Waals surface area contributed by atoms with E-state index in [4.69, 9.17) is 11.6 Å². The van der Waals surface area contributed by atoms with Crippen molar-refractivity contribution in [3.8, 4) is 0 Å². The summed E-state index contributed by atoms with van der Waals surface area (Å²) < 4.78 is 0. The first-order chi connectivity index (χ1) is 13.2. The predicted molar refractivity (Wildman–Crippen MR) is 111 cm³/mol. The minimum Gasteiger partial charge on any atom is -0.382 e. The number of rotatable bonds is 5. The van der Waals surface area contributed by atoms with Crippen molar-refractivity contribution < 1.29 is 4.79 Å². The number of anilines is 1. The van der Waals surface area contributed by atoms with E-state index in [1.54, 1.807) is 0 Å². The lowest BCUT2D eigenvalue weighted by molar-refractivity contribution is -0.122. The van der Waals surface area contributed by atoms with Gasteiger partial charge in [0.2, 0.25) is 5.91 Å². The summed E-state index contributed by atoms with van der Waals surface area (Å²) in [6, 6.07) is 8.65. The summed E-state index contributed by atoms with van der Waals surface area (Å²) in [5, 5.41) is 8.77. The van der Waals surface area contributed by atoms with Gasteiger partial charge in [-0.2, -0.15) is 0 Å². The van der Waals surface area contributed by atoms with Crippen LogP contribution in [0.2, 0.25) is 5.02 Å². The summed E-state index contributed by atoms with van der Waals surface area (Å²) >= 11 is 6.08. The molecule has 2 N–H and O–H groups in total. The van der Waals surface area contributed by atoms with Crippen molar-refractivity contribution in [2.45, 2.75) is 69.9 Å². The van der Waals surface area contributed by atoms with E-state index in [1.807, 2.05) is 30.5 Å². The second kappa shape index (κ2) is 8.47. The van der Waals surface area contributed by atoms with Gasteiger partial charge in [0.05, 0.1) is 5.52 Å². The van der Waals surface area contributed by atoms with Crippen LogP contribution in [0.25, 0.3) is 10.9 Å². The number of benzene rings is 1. The maximum Gasteiger partial charge on any atom is 0.220 e. The van der Waals surface area contributed by atoms with E-state index < -0.39 is 0 Å². The van der Waals surface area contributed by atoms with Gasteiger partial charge in [0.25, 0.3) is 0 Å². The predicted octanol–water partition coefficient (Wildman–Crippen LogP) is 5.31. The lowest BCUT2D eigenvalue weighted by Gasteiger charge is -2.30. The highest BCUT2D eigenvalue weighted by atomic mass is 35.5. The van der Waals surface area contributed by atoms with Gasteiger partial charge in [-0.05, 0) is 68.7 Å². The first-order valence-corrected chi connectivity index (χ1v) is 10.7. The summed E-state index contributed by atoms with van der Waals surface area (Å²) in [6.07, 6.45) is 11.8. The van der Waals surface area contributed by atoms with Crippen LogP contribution in [0.5, 0.6) is 0 Å². The normalized spacial score (nSPS) is 23.4. The molecule has 0 atom stereocenters. The maximum atomic E-state index is 12.3. The van der Waals surface area contributed by atoms with E-state index >= 15 is 0 Å². The number of fused-ring (bicyclic) bond motifs is 1. The van der Waals surface area contributed by atoms with Crippen molar-refractivity contribution >= 4 is 34.1 Å². The van der Waals surface area contributed by atoms with Crippen molar-refractivity contribution in [2.75, 3.05) is 5.32 Å². The van der Waals surface area contributed by atoms with Crippen LogP contribution in [-0.2, 0) is 4.79 Å². The van der Waals surface area contributed by atoms with Gasteiger partial charge in [0.15, 0.2) is 0 Å². The van der Waals surface area contributed by atoms with Crippen LogP contribution in [-0.4, -0.2) is 23.0 Å². The van der Waals surface area contributed by atoms with Crippen molar-refractivity contribution in [3.05, 3.63) is 35.5 Å². The van der Waals surface area contributed by atoms with E-state index in [0.717, 1.165) is 48.7 Å². The molecule has 2 aliphatic rings. The number of hydrogen-bond donors (Lipinski definition) is 2. The van der Waals surface area contributed by atoms with Crippen LogP contribution in [0.4, 0.5) is 5.69 Å². The number of pyridine rings is 1. The highest BCUT2D eigenvalue weighted by Gasteiger charge is 2.24. The molecule has 0 aliphatic heterocycles. The molecule has 2 saturated carbocycles. The average Bonchev–Trinajstić information content (AvgIpc) is 3.16. The Morgan fingerprint density at radius 1 is 1.04 bits per heavy atom. The SMILES string of the molecule is O=C(CC1CCCC1)NC1CCC(Nc2ccnc3cc(Cl)ccc23)CC1. The molecule has 0 spiro atoms. The van der Waals surface area contributed by atoms with Crippen LogP contribution < -0.4 is 10.6 Å². The first kappa shape index (κ1) is 18.5. The molecule has 0 radical (unpaired) electrons. The Morgan fingerprint density at radius 2 is 1.78 bits per heavy atom. The molecule has 144 valence electrons. The van der Waals surface area contributed by atoms with E-state index in [2.05, 4.69) is 15.6 Å². The Morgan fingerprint density at radius 3 is 2.56 bits per heavy atom. The number of amides is 1. The van der Waals surface area contributed by atoms with Gasteiger partial charge in [-0.1, -0.05) is 24.4 Å². The molecule has 0 bridgehead atoms. The summed E-state index contributed by atoms with van der Waals surface area (Å²) in [5.41, 5.74) is 2.03. The third kappa shape index (κ3) is 4.73. The first-order valence-electron chi connectivity index (χ1n) is 10.3. The molecular formula is C22H28ClN3O. The topological polar surface area (TPSA) is 54.0 Å². The molecule has 2 aliphatic carbocycles. The van der Waals surface area contributed by atoms with Gasteiger partial charge in [0, 0.05) is 40.8 Å². The molecular weight excluding hydrogens is 358 g/mol. The highest BCUT2D eigenvalue weighted by Crippen LogP contribution is 2.29. The molecule has 1 heterocycles. The monoisotopic (exact) mass is 385 g/mol. The fourth-order valence-corrected chi connectivity index (χ4v) is 4.78. The average molecular weight is 386 g/mol. The van der Waals surface area contributed by atoms with E-state index in [-0.39, 0.29) is 5.91 Å². The summed E-state index contributed by atoms with van der Waals surface area (Å²) in [6.45, 7) is 0. The van der Waals surface area contributed by atoms with Crippen LogP contribution >= 0.6 is 11.6 Å². The molecule has 4 nitrogen and oxygen atoms in total. The lowest BCUT2D eigenvalue weighted by atomic mass is 9.90. The largest absolute Gasteiger partial charge is 0.382 e. The molecule has 0 saturated heterocycles. The second-order valence-electron chi connectivity index (χ2n) is 8.13. The van der Waals surface area contributed by atoms with Crippen molar-refractivity contribution in [2.24, 2.45) is 5.92 Å². The Labute approximate surface area is 166 Å². The zero-order valence-corrected chi connectivity index (χ0v) is 16.5. The minimum absolute atomic E-state index is 0.260. The molecule has 2 aromatic rings. The quantitative estimate of drug-likeness (QED) is 0.733. The molecule has 5 heteroatoms. The number of carbonyl (C=O) groups is 1. The number of carbonyl (C=O) groups excluding carboxylic acids is 1.